The van der Waals surface area contributed by atoms with E-state index >= 15 is 0 Å². The van der Waals surface area contributed by atoms with E-state index in [0.717, 1.165) is 48.9 Å². The van der Waals surface area contributed by atoms with Gasteiger partial charge in [0.2, 0.25) is 0 Å². The Hall–Kier alpha value is -1.12. The lowest BCUT2D eigenvalue weighted by Gasteiger charge is -2.24. The van der Waals surface area contributed by atoms with E-state index in [9.17, 15) is 4.79 Å². The van der Waals surface area contributed by atoms with Crippen molar-refractivity contribution in [3.05, 3.63) is 11.8 Å². The Bertz CT molecular complexity index is 632. The summed E-state index contributed by atoms with van der Waals surface area (Å²) in [6.07, 6.45) is 4.11. The van der Waals surface area contributed by atoms with Crippen LogP contribution in [-0.4, -0.2) is 69.7 Å². The van der Waals surface area contributed by atoms with Crippen LogP contribution >= 0.6 is 23.5 Å². The van der Waals surface area contributed by atoms with Gasteiger partial charge in [0.05, 0.1) is 17.8 Å². The zero-order valence-corrected chi connectivity index (χ0v) is 16.7. The van der Waals surface area contributed by atoms with E-state index in [1.165, 1.54) is 17.3 Å². The zero-order chi connectivity index (χ0) is 17.8. The smallest absolute Gasteiger partial charge is 0.410 e. The summed E-state index contributed by atoms with van der Waals surface area (Å²) in [6, 6.07) is 0.205. The molecule has 1 atom stereocenters. The number of cyclic esters (lactones) is 1. The van der Waals surface area contributed by atoms with Gasteiger partial charge in [0.1, 0.15) is 17.3 Å². The summed E-state index contributed by atoms with van der Waals surface area (Å²) >= 11 is 3.03. The average Bonchev–Trinajstić information content (AvgIpc) is 3.18. The van der Waals surface area contributed by atoms with E-state index in [1.54, 1.807) is 11.8 Å². The second kappa shape index (κ2) is 8.51. The quantitative estimate of drug-likeness (QED) is 0.533. The minimum absolute atomic E-state index is 0.171. The van der Waals surface area contributed by atoms with E-state index in [2.05, 4.69) is 40.6 Å². The molecule has 138 valence electrons. The number of likely N-dealkylation sites (N-methyl/N-ethyl adjacent to an activating group) is 1. The zero-order valence-electron chi connectivity index (χ0n) is 15.1. The monoisotopic (exact) mass is 382 g/mol. The topological polar surface area (TPSA) is 58.6 Å². The number of thioether (sulfide) groups is 1. The molecule has 0 radical (unpaired) electrons. The number of hydrogen-bond acceptors (Lipinski definition) is 7. The molecule has 8 heteroatoms. The SMILES string of the molecule is CC(C)C1COC(=O)N1CCCSc1nsnc1C1=CCCN(C)C1. The molecule has 3 heterocycles. The number of nitrogens with zero attached hydrogens (tertiary/aromatic N) is 4. The number of amides is 1. The van der Waals surface area contributed by atoms with Gasteiger partial charge in [-0.2, -0.15) is 8.75 Å². The molecule has 1 aromatic rings. The molecule has 1 aromatic heterocycles. The van der Waals surface area contributed by atoms with Gasteiger partial charge >= 0.3 is 6.09 Å². The van der Waals surface area contributed by atoms with Crippen molar-refractivity contribution in [1.29, 1.82) is 0 Å². The van der Waals surface area contributed by atoms with Crippen LogP contribution in [0.4, 0.5) is 4.79 Å². The molecule has 25 heavy (non-hydrogen) atoms. The van der Waals surface area contributed by atoms with Crippen molar-refractivity contribution in [3.8, 4) is 0 Å². The number of carbonyl (C=O) groups excluding carboxylic acids is 1. The Morgan fingerprint density at radius 3 is 3.04 bits per heavy atom. The minimum atomic E-state index is -0.171. The molecule has 1 amide bonds. The molecule has 1 fully saturated rings. The first-order valence-electron chi connectivity index (χ1n) is 8.83. The standard InChI is InChI=1S/C17H26N4O2S2/c1-12(2)14-11-23-17(22)21(14)8-5-9-24-16-15(18-25-19-16)13-6-4-7-20(3)10-13/h6,12,14H,4-5,7-11H2,1-3H3. The van der Waals surface area contributed by atoms with Crippen molar-refractivity contribution >= 4 is 35.2 Å². The van der Waals surface area contributed by atoms with Gasteiger partial charge in [0, 0.05) is 25.4 Å². The molecule has 6 nitrogen and oxygen atoms in total. The molecule has 0 saturated carbocycles. The third-order valence-corrected chi connectivity index (χ3v) is 6.36. The second-order valence-corrected chi connectivity index (χ2v) is 8.57. The normalized spacial score (nSPS) is 21.8. The third-order valence-electron chi connectivity index (χ3n) is 4.67. The first-order chi connectivity index (χ1) is 12.1. The Balaban J connectivity index is 1.51. The Labute approximate surface area is 157 Å². The van der Waals surface area contributed by atoms with Crippen molar-refractivity contribution < 1.29 is 9.53 Å². The third kappa shape index (κ3) is 4.54. The summed E-state index contributed by atoms with van der Waals surface area (Å²) in [5.74, 6) is 1.35. The van der Waals surface area contributed by atoms with Crippen molar-refractivity contribution in [1.82, 2.24) is 18.5 Å². The molecule has 1 saturated heterocycles. The lowest BCUT2D eigenvalue weighted by Crippen LogP contribution is -2.37. The van der Waals surface area contributed by atoms with E-state index < -0.39 is 0 Å². The van der Waals surface area contributed by atoms with Crippen molar-refractivity contribution in [3.63, 3.8) is 0 Å². The summed E-state index contributed by atoms with van der Waals surface area (Å²) in [5, 5.41) is 1.02. The molecule has 0 aliphatic carbocycles. The highest BCUT2D eigenvalue weighted by atomic mass is 32.2. The minimum Gasteiger partial charge on any atom is -0.447 e. The van der Waals surface area contributed by atoms with Crippen LogP contribution in [0.2, 0.25) is 0 Å². The number of carbonyl (C=O) groups is 1. The first-order valence-corrected chi connectivity index (χ1v) is 10.5. The van der Waals surface area contributed by atoms with Gasteiger partial charge < -0.3 is 14.5 Å². The predicted molar refractivity (Wildman–Crippen MR) is 102 cm³/mol. The Morgan fingerprint density at radius 2 is 2.28 bits per heavy atom. The highest BCUT2D eigenvalue weighted by molar-refractivity contribution is 7.99. The number of aromatic nitrogens is 2. The number of hydrogen-bond donors (Lipinski definition) is 0. The Morgan fingerprint density at radius 1 is 1.44 bits per heavy atom. The summed E-state index contributed by atoms with van der Waals surface area (Å²) < 4.78 is 14.2. The molecule has 0 bridgehead atoms. The summed E-state index contributed by atoms with van der Waals surface area (Å²) in [7, 11) is 2.14. The summed E-state index contributed by atoms with van der Waals surface area (Å²) in [5.41, 5.74) is 2.33. The van der Waals surface area contributed by atoms with Gasteiger partial charge in [-0.25, -0.2) is 4.79 Å². The molecular formula is C17H26N4O2S2. The number of rotatable bonds is 7. The predicted octanol–water partition coefficient (Wildman–Crippen LogP) is 3.22. The lowest BCUT2D eigenvalue weighted by molar-refractivity contribution is 0.157. The fraction of sp³-hybridized carbons (Fsp3) is 0.706. The van der Waals surface area contributed by atoms with Crippen molar-refractivity contribution in [2.75, 3.05) is 39.0 Å². The summed E-state index contributed by atoms with van der Waals surface area (Å²) in [6.45, 7) is 7.58. The first kappa shape index (κ1) is 18.7. The fourth-order valence-electron chi connectivity index (χ4n) is 3.21. The van der Waals surface area contributed by atoms with Crippen LogP contribution in [-0.2, 0) is 4.74 Å². The molecule has 2 aliphatic heterocycles. The van der Waals surface area contributed by atoms with Gasteiger partial charge in [0.15, 0.2) is 0 Å². The van der Waals surface area contributed by atoms with E-state index in [4.69, 9.17) is 4.74 Å². The molecule has 0 spiro atoms. The van der Waals surface area contributed by atoms with Crippen LogP contribution in [0, 0.1) is 5.92 Å². The molecule has 3 rings (SSSR count). The maximum absolute atomic E-state index is 11.9. The van der Waals surface area contributed by atoms with E-state index in [1.807, 2.05) is 4.90 Å². The van der Waals surface area contributed by atoms with Crippen LogP contribution in [0.15, 0.2) is 11.1 Å². The molecule has 1 unspecified atom stereocenters. The van der Waals surface area contributed by atoms with Gasteiger partial charge in [-0.05, 0) is 31.4 Å². The molecule has 0 aromatic carbocycles. The van der Waals surface area contributed by atoms with Crippen LogP contribution in [0.1, 0.15) is 32.4 Å². The van der Waals surface area contributed by atoms with Crippen molar-refractivity contribution in [2.45, 2.75) is 37.8 Å². The van der Waals surface area contributed by atoms with Crippen LogP contribution in [0.25, 0.3) is 5.57 Å². The van der Waals surface area contributed by atoms with Crippen molar-refractivity contribution in [2.24, 2.45) is 5.92 Å². The molecule has 2 aliphatic rings. The van der Waals surface area contributed by atoms with Gasteiger partial charge in [-0.15, -0.1) is 11.8 Å². The van der Waals surface area contributed by atoms with E-state index in [0.29, 0.717) is 12.5 Å². The molecular weight excluding hydrogens is 356 g/mol. The van der Waals surface area contributed by atoms with Gasteiger partial charge in [0.25, 0.3) is 0 Å². The van der Waals surface area contributed by atoms with Gasteiger partial charge in [-0.1, -0.05) is 19.9 Å². The highest BCUT2D eigenvalue weighted by Crippen LogP contribution is 2.29. The van der Waals surface area contributed by atoms with Gasteiger partial charge in [-0.3, -0.25) is 0 Å². The maximum Gasteiger partial charge on any atom is 0.410 e. The number of ether oxygens (including phenoxy) is 1. The fourth-order valence-corrected chi connectivity index (χ4v) is 4.85. The van der Waals surface area contributed by atoms with Crippen LogP contribution in [0.5, 0.6) is 0 Å². The van der Waals surface area contributed by atoms with E-state index in [-0.39, 0.29) is 12.1 Å². The molecule has 0 N–H and O–H groups in total. The average molecular weight is 383 g/mol. The second-order valence-electron chi connectivity index (χ2n) is 6.96. The lowest BCUT2D eigenvalue weighted by atomic mass is 10.0. The summed E-state index contributed by atoms with van der Waals surface area (Å²) in [4.78, 5) is 16.1. The van der Waals surface area contributed by atoms with Crippen LogP contribution in [0.3, 0.4) is 0 Å². The maximum atomic E-state index is 11.9. The Kier molecular flexibility index (Phi) is 6.35. The van der Waals surface area contributed by atoms with Crippen LogP contribution < -0.4 is 0 Å². The highest BCUT2D eigenvalue weighted by Gasteiger charge is 2.34. The largest absolute Gasteiger partial charge is 0.447 e.